The Morgan fingerprint density at radius 3 is 2.53 bits per heavy atom. The van der Waals surface area contributed by atoms with Crippen molar-refractivity contribution in [2.75, 3.05) is 6.61 Å². The van der Waals surface area contributed by atoms with Gasteiger partial charge in [-0.3, -0.25) is 0 Å². The highest BCUT2D eigenvalue weighted by molar-refractivity contribution is 5.87. The van der Waals surface area contributed by atoms with Gasteiger partial charge in [0.2, 0.25) is 5.76 Å². The predicted molar refractivity (Wildman–Crippen MR) is 65.2 cm³/mol. The first-order chi connectivity index (χ1) is 8.74. The Kier molecular flexibility index (Phi) is 5.03. The molecule has 6 heteroatoms. The number of carbonyl (C=O) groups is 1. The van der Waals surface area contributed by atoms with Crippen LogP contribution in [0, 0.1) is 5.41 Å². The first-order valence-corrected chi connectivity index (χ1v) is 6.19. The number of nitrogens with zero attached hydrogens (tertiary/aromatic N) is 1. The van der Waals surface area contributed by atoms with Crippen molar-refractivity contribution in [2.24, 2.45) is 5.41 Å². The maximum Gasteiger partial charge on any atom is 0.376 e. The lowest BCUT2D eigenvalue weighted by atomic mass is 9.91. The van der Waals surface area contributed by atoms with Gasteiger partial charge in [-0.1, -0.05) is 20.8 Å². The Hall–Kier alpha value is -1.46. The highest BCUT2D eigenvalue weighted by Gasteiger charge is 2.27. The van der Waals surface area contributed by atoms with Crippen molar-refractivity contribution >= 4 is 5.97 Å². The highest BCUT2D eigenvalue weighted by atomic mass is 19.3. The minimum Gasteiger partial charge on any atom is -0.460 e. The Morgan fingerprint density at radius 2 is 2.05 bits per heavy atom. The number of alkyl halides is 2. The largest absolute Gasteiger partial charge is 0.460 e. The summed E-state index contributed by atoms with van der Waals surface area (Å²) in [5.41, 5.74) is -0.605. The predicted octanol–water partition coefficient (Wildman–Crippen LogP) is 3.77. The number of aromatic nitrogens is 1. The molecular weight excluding hydrogens is 256 g/mol. The van der Waals surface area contributed by atoms with Gasteiger partial charge in [0, 0.05) is 6.42 Å². The molecule has 1 heterocycles. The molecule has 1 rings (SSSR count). The minimum atomic E-state index is -2.86. The van der Waals surface area contributed by atoms with Gasteiger partial charge in [0.1, 0.15) is 0 Å². The number of aryl methyl sites for hydroxylation is 1. The van der Waals surface area contributed by atoms with E-state index in [1.165, 1.54) is 0 Å². The van der Waals surface area contributed by atoms with Crippen LogP contribution >= 0.6 is 0 Å². The van der Waals surface area contributed by atoms with Gasteiger partial charge in [-0.2, -0.15) is 0 Å². The van der Waals surface area contributed by atoms with Gasteiger partial charge < -0.3 is 9.15 Å². The van der Waals surface area contributed by atoms with Crippen molar-refractivity contribution in [2.45, 2.75) is 47.0 Å². The molecule has 108 valence electrons. The van der Waals surface area contributed by atoms with Crippen LogP contribution in [0.4, 0.5) is 8.78 Å². The second-order valence-corrected chi connectivity index (χ2v) is 5.40. The summed E-state index contributed by atoms with van der Waals surface area (Å²) < 4.78 is 35.4. The van der Waals surface area contributed by atoms with Crippen molar-refractivity contribution in [3.05, 3.63) is 17.3 Å². The molecule has 0 saturated carbocycles. The van der Waals surface area contributed by atoms with Gasteiger partial charge in [0.25, 0.3) is 6.43 Å². The molecule has 0 spiro atoms. The van der Waals surface area contributed by atoms with Crippen molar-refractivity contribution in [3.63, 3.8) is 0 Å². The Bertz CT molecular complexity index is 436. The van der Waals surface area contributed by atoms with Crippen LogP contribution in [-0.2, 0) is 11.2 Å². The van der Waals surface area contributed by atoms with E-state index in [4.69, 9.17) is 4.42 Å². The van der Waals surface area contributed by atoms with Crippen molar-refractivity contribution in [1.82, 2.24) is 4.98 Å². The second kappa shape index (κ2) is 6.12. The summed E-state index contributed by atoms with van der Waals surface area (Å²) in [7, 11) is 0. The number of ether oxygens (including phenoxy) is 1. The summed E-state index contributed by atoms with van der Waals surface area (Å²) in [5.74, 6) is -1.23. The fourth-order valence-corrected chi connectivity index (χ4v) is 1.46. The average molecular weight is 275 g/mol. The molecule has 4 nitrogen and oxygen atoms in total. The molecule has 0 atom stereocenters. The van der Waals surface area contributed by atoms with Crippen LogP contribution < -0.4 is 0 Å². The molecule has 1 aromatic heterocycles. The first-order valence-electron chi connectivity index (χ1n) is 6.19. The molecule has 0 aliphatic heterocycles. The molecule has 0 aromatic carbocycles. The number of carbonyl (C=O) groups excluding carboxylic acids is 1. The molecule has 1 aromatic rings. The summed E-state index contributed by atoms with van der Waals surface area (Å²) in [5, 5.41) is 0. The van der Waals surface area contributed by atoms with Crippen LogP contribution in [0.15, 0.2) is 4.42 Å². The molecule has 0 fully saturated rings. The smallest absolute Gasteiger partial charge is 0.376 e. The summed E-state index contributed by atoms with van der Waals surface area (Å²) in [6, 6.07) is 0. The Morgan fingerprint density at radius 1 is 1.42 bits per heavy atom. The summed E-state index contributed by atoms with van der Waals surface area (Å²) >= 11 is 0. The van der Waals surface area contributed by atoms with Gasteiger partial charge >= 0.3 is 5.97 Å². The highest BCUT2D eigenvalue weighted by Crippen LogP contribution is 2.26. The lowest BCUT2D eigenvalue weighted by molar-refractivity contribution is 0.0473. The van der Waals surface area contributed by atoms with Crippen LogP contribution in [0.1, 0.15) is 62.7 Å². The molecule has 0 aliphatic carbocycles. The number of rotatable bonds is 5. The van der Waals surface area contributed by atoms with Crippen molar-refractivity contribution in [1.29, 1.82) is 0 Å². The van der Waals surface area contributed by atoms with Gasteiger partial charge in [-0.15, -0.1) is 0 Å². The van der Waals surface area contributed by atoms with E-state index in [-0.39, 0.29) is 17.9 Å². The average Bonchev–Trinajstić information content (AvgIpc) is 2.70. The third kappa shape index (κ3) is 4.61. The zero-order valence-electron chi connectivity index (χ0n) is 11.6. The number of hydrogen-bond donors (Lipinski definition) is 0. The van der Waals surface area contributed by atoms with E-state index < -0.39 is 23.8 Å². The maximum atomic E-state index is 12.8. The topological polar surface area (TPSA) is 52.3 Å². The minimum absolute atomic E-state index is 0.0313. The lowest BCUT2D eigenvalue weighted by Gasteiger charge is -2.15. The first kappa shape index (κ1) is 15.6. The molecule has 0 radical (unpaired) electrons. The molecule has 0 amide bonds. The third-order valence-corrected chi connectivity index (χ3v) is 2.45. The van der Waals surface area contributed by atoms with E-state index in [1.54, 1.807) is 6.92 Å². The van der Waals surface area contributed by atoms with Gasteiger partial charge in [-0.05, 0) is 18.8 Å². The van der Waals surface area contributed by atoms with E-state index in [1.807, 2.05) is 20.8 Å². The quantitative estimate of drug-likeness (QED) is 0.767. The van der Waals surface area contributed by atoms with Crippen LogP contribution in [0.3, 0.4) is 0 Å². The molecule has 0 aliphatic rings. The lowest BCUT2D eigenvalue weighted by Crippen LogP contribution is -2.06. The van der Waals surface area contributed by atoms with Crippen molar-refractivity contribution < 1.29 is 22.7 Å². The SMILES string of the molecule is CCOC(=O)c1oc(CCC(C)(C)C)nc1C(F)F. The standard InChI is InChI=1S/C13H19F2NO3/c1-5-18-12(17)10-9(11(14)15)16-8(19-10)6-7-13(2,3)4/h11H,5-7H2,1-4H3. The fraction of sp³-hybridized carbons (Fsp3) is 0.692. The van der Waals surface area contributed by atoms with E-state index in [9.17, 15) is 13.6 Å². The molecule has 19 heavy (non-hydrogen) atoms. The fourth-order valence-electron chi connectivity index (χ4n) is 1.46. The normalized spacial score (nSPS) is 11.9. The molecule has 0 N–H and O–H groups in total. The summed E-state index contributed by atoms with van der Waals surface area (Å²) in [6.45, 7) is 7.76. The number of oxazole rings is 1. The van der Waals surface area contributed by atoms with Crippen LogP contribution in [0.5, 0.6) is 0 Å². The number of hydrogen-bond acceptors (Lipinski definition) is 4. The zero-order chi connectivity index (χ0) is 14.6. The molecule has 0 unspecified atom stereocenters. The third-order valence-electron chi connectivity index (χ3n) is 2.45. The van der Waals surface area contributed by atoms with E-state index in [2.05, 4.69) is 9.72 Å². The van der Waals surface area contributed by atoms with Gasteiger partial charge in [0.15, 0.2) is 11.6 Å². The monoisotopic (exact) mass is 275 g/mol. The second-order valence-electron chi connectivity index (χ2n) is 5.40. The van der Waals surface area contributed by atoms with Crippen molar-refractivity contribution in [3.8, 4) is 0 Å². The van der Waals surface area contributed by atoms with Crippen LogP contribution in [0.2, 0.25) is 0 Å². The summed E-state index contributed by atoms with van der Waals surface area (Å²) in [4.78, 5) is 15.2. The molecular formula is C13H19F2NO3. The maximum absolute atomic E-state index is 12.8. The zero-order valence-corrected chi connectivity index (χ0v) is 11.6. The number of halogens is 2. The van der Waals surface area contributed by atoms with E-state index >= 15 is 0 Å². The van der Waals surface area contributed by atoms with Gasteiger partial charge in [-0.25, -0.2) is 18.6 Å². The van der Waals surface area contributed by atoms with Crippen LogP contribution in [-0.4, -0.2) is 17.6 Å². The summed E-state index contributed by atoms with van der Waals surface area (Å²) in [6.07, 6.45) is -1.73. The van der Waals surface area contributed by atoms with Crippen LogP contribution in [0.25, 0.3) is 0 Å². The Labute approximate surface area is 111 Å². The Balaban J connectivity index is 2.91. The molecule has 0 saturated heterocycles. The van der Waals surface area contributed by atoms with E-state index in [0.29, 0.717) is 6.42 Å². The molecule has 0 bridgehead atoms. The van der Waals surface area contributed by atoms with Gasteiger partial charge in [0.05, 0.1) is 6.61 Å². The van der Waals surface area contributed by atoms with E-state index in [0.717, 1.165) is 6.42 Å². The number of esters is 1.